The molecule has 0 fully saturated rings. The van der Waals surface area contributed by atoms with Crippen molar-refractivity contribution < 1.29 is 9.59 Å². The van der Waals surface area contributed by atoms with E-state index in [0.29, 0.717) is 22.8 Å². The predicted octanol–water partition coefficient (Wildman–Crippen LogP) is 3.48. The molecule has 0 unspecified atom stereocenters. The molecule has 0 atom stereocenters. The molecular formula is C17H16ClN3O2. The van der Waals surface area contributed by atoms with Crippen molar-refractivity contribution >= 4 is 40.6 Å². The molecule has 1 N–H and O–H groups in total. The highest BCUT2D eigenvalue weighted by Crippen LogP contribution is 2.39. The third-order valence-corrected chi connectivity index (χ3v) is 4.01. The Hall–Kier alpha value is -2.40. The van der Waals surface area contributed by atoms with Gasteiger partial charge in [0.1, 0.15) is 5.88 Å². The number of amides is 2. The largest absolute Gasteiger partial charge is 0.319 e. The summed E-state index contributed by atoms with van der Waals surface area (Å²) in [6, 6.07) is 7.23. The van der Waals surface area contributed by atoms with Crippen molar-refractivity contribution in [3.05, 3.63) is 46.6 Å². The van der Waals surface area contributed by atoms with Gasteiger partial charge in [-0.3, -0.25) is 14.5 Å². The summed E-state index contributed by atoms with van der Waals surface area (Å²) < 4.78 is 0. The van der Waals surface area contributed by atoms with E-state index in [2.05, 4.69) is 10.3 Å². The first kappa shape index (κ1) is 15.5. The number of nitrogens with zero attached hydrogens (tertiary/aromatic N) is 2. The maximum atomic E-state index is 12.6. The first-order valence-electron chi connectivity index (χ1n) is 7.21. The Balaban J connectivity index is 2.35. The van der Waals surface area contributed by atoms with E-state index in [9.17, 15) is 9.59 Å². The van der Waals surface area contributed by atoms with Crippen molar-refractivity contribution in [2.24, 2.45) is 0 Å². The molecule has 1 aliphatic heterocycles. The van der Waals surface area contributed by atoms with Crippen LogP contribution in [0.1, 0.15) is 27.2 Å². The molecule has 1 aromatic heterocycles. The van der Waals surface area contributed by atoms with E-state index >= 15 is 0 Å². The highest BCUT2D eigenvalue weighted by atomic mass is 35.5. The van der Waals surface area contributed by atoms with Crippen LogP contribution in [0.15, 0.2) is 24.3 Å². The number of aromatic nitrogens is 1. The fraction of sp³-hybridized carbons (Fsp3) is 0.235. The average molecular weight is 330 g/mol. The number of hydrogen-bond acceptors (Lipinski definition) is 3. The smallest absolute Gasteiger partial charge is 0.257 e. The second kappa shape index (κ2) is 5.66. The van der Waals surface area contributed by atoms with Gasteiger partial charge in [-0.25, -0.2) is 4.98 Å². The normalized spacial score (nSPS) is 13.0. The van der Waals surface area contributed by atoms with E-state index in [1.54, 1.807) is 12.1 Å². The van der Waals surface area contributed by atoms with Crippen LogP contribution >= 0.6 is 11.6 Å². The van der Waals surface area contributed by atoms with Gasteiger partial charge in [0.05, 0.1) is 16.9 Å². The Morgan fingerprint density at radius 2 is 2.00 bits per heavy atom. The lowest BCUT2D eigenvalue weighted by Gasteiger charge is -2.23. The van der Waals surface area contributed by atoms with Crippen LogP contribution in [0.25, 0.3) is 0 Å². The molecule has 6 heteroatoms. The molecule has 23 heavy (non-hydrogen) atoms. The van der Waals surface area contributed by atoms with Crippen LogP contribution in [0.5, 0.6) is 0 Å². The molecule has 2 amide bonds. The van der Waals surface area contributed by atoms with Crippen molar-refractivity contribution in [2.45, 2.75) is 20.8 Å². The van der Waals surface area contributed by atoms with Crippen LogP contribution in [0.3, 0.4) is 0 Å². The number of fused-ring (bicyclic) bond motifs is 2. The first-order chi connectivity index (χ1) is 10.9. The number of aryl methyl sites for hydroxylation is 3. The number of carbonyl (C=O) groups is 2. The molecule has 3 rings (SSSR count). The predicted molar refractivity (Wildman–Crippen MR) is 90.7 cm³/mol. The summed E-state index contributed by atoms with van der Waals surface area (Å²) in [7, 11) is 0. The number of halogens is 1. The van der Waals surface area contributed by atoms with Gasteiger partial charge in [0.25, 0.3) is 5.91 Å². The zero-order valence-corrected chi connectivity index (χ0v) is 13.9. The molecule has 0 spiro atoms. The second-order valence-electron chi connectivity index (χ2n) is 5.62. The van der Waals surface area contributed by atoms with Gasteiger partial charge in [0, 0.05) is 5.69 Å². The molecule has 1 aliphatic rings. The Morgan fingerprint density at radius 3 is 2.70 bits per heavy atom. The van der Waals surface area contributed by atoms with Crippen molar-refractivity contribution in [2.75, 3.05) is 16.1 Å². The Labute approximate surface area is 139 Å². The van der Waals surface area contributed by atoms with Gasteiger partial charge in [-0.05, 0) is 44.5 Å². The van der Waals surface area contributed by atoms with Crippen molar-refractivity contribution in [1.29, 1.82) is 0 Å². The van der Waals surface area contributed by atoms with Crippen molar-refractivity contribution in [1.82, 2.24) is 4.98 Å². The van der Waals surface area contributed by atoms with Crippen LogP contribution in [0.2, 0.25) is 0 Å². The number of nitrogens with one attached hydrogen (secondary N) is 1. The second-order valence-corrected chi connectivity index (χ2v) is 5.88. The average Bonchev–Trinajstić information content (AvgIpc) is 2.62. The Bertz CT molecular complexity index is 833. The SMILES string of the molecule is Cc1ccc2c(c1)C(=O)Nc1c(C)cc(C)nc1N2C(=O)CCl. The monoisotopic (exact) mass is 329 g/mol. The van der Waals surface area contributed by atoms with Gasteiger partial charge < -0.3 is 5.32 Å². The molecule has 0 radical (unpaired) electrons. The van der Waals surface area contributed by atoms with E-state index in [4.69, 9.17) is 11.6 Å². The summed E-state index contributed by atoms with van der Waals surface area (Å²) in [5.74, 6) is -0.380. The quantitative estimate of drug-likeness (QED) is 0.815. The number of anilines is 3. The molecule has 0 aliphatic carbocycles. The van der Waals surface area contributed by atoms with Gasteiger partial charge in [0.15, 0.2) is 5.82 Å². The van der Waals surface area contributed by atoms with Crippen molar-refractivity contribution in [3.8, 4) is 0 Å². The summed E-state index contributed by atoms with van der Waals surface area (Å²) in [4.78, 5) is 31.0. The third kappa shape index (κ3) is 2.57. The highest BCUT2D eigenvalue weighted by Gasteiger charge is 2.31. The van der Waals surface area contributed by atoms with Crippen molar-refractivity contribution in [3.63, 3.8) is 0 Å². The number of alkyl halides is 1. The van der Waals surface area contributed by atoms with Crippen LogP contribution in [0.4, 0.5) is 17.2 Å². The number of rotatable bonds is 1. The zero-order chi connectivity index (χ0) is 16.7. The fourth-order valence-electron chi connectivity index (χ4n) is 2.77. The Morgan fingerprint density at radius 1 is 1.26 bits per heavy atom. The highest BCUT2D eigenvalue weighted by molar-refractivity contribution is 6.31. The molecule has 1 aromatic carbocycles. The summed E-state index contributed by atoms with van der Waals surface area (Å²) >= 11 is 5.79. The number of pyridine rings is 1. The van der Waals surface area contributed by atoms with Crippen LogP contribution in [-0.2, 0) is 4.79 Å². The van der Waals surface area contributed by atoms with E-state index in [1.807, 2.05) is 32.9 Å². The van der Waals surface area contributed by atoms with Crippen LogP contribution < -0.4 is 10.2 Å². The van der Waals surface area contributed by atoms with E-state index in [0.717, 1.165) is 16.8 Å². The maximum Gasteiger partial charge on any atom is 0.257 e. The van der Waals surface area contributed by atoms with E-state index < -0.39 is 0 Å². The topological polar surface area (TPSA) is 62.3 Å². The van der Waals surface area contributed by atoms with Gasteiger partial charge in [-0.15, -0.1) is 11.6 Å². The Kier molecular flexibility index (Phi) is 3.82. The molecule has 5 nitrogen and oxygen atoms in total. The minimum absolute atomic E-state index is 0.199. The lowest BCUT2D eigenvalue weighted by Crippen LogP contribution is -2.28. The van der Waals surface area contributed by atoms with Gasteiger partial charge in [-0.2, -0.15) is 0 Å². The van der Waals surface area contributed by atoms with E-state index in [-0.39, 0.29) is 17.7 Å². The van der Waals surface area contributed by atoms with Gasteiger partial charge in [0.2, 0.25) is 5.91 Å². The lowest BCUT2D eigenvalue weighted by atomic mass is 10.1. The summed E-state index contributed by atoms with van der Waals surface area (Å²) in [5.41, 5.74) is 4.00. The first-order valence-corrected chi connectivity index (χ1v) is 7.75. The number of benzene rings is 1. The molecular weight excluding hydrogens is 314 g/mol. The van der Waals surface area contributed by atoms with Gasteiger partial charge >= 0.3 is 0 Å². The van der Waals surface area contributed by atoms with Crippen LogP contribution in [-0.4, -0.2) is 22.7 Å². The third-order valence-electron chi connectivity index (χ3n) is 3.78. The minimum Gasteiger partial charge on any atom is -0.319 e. The fourth-order valence-corrected chi connectivity index (χ4v) is 2.89. The summed E-state index contributed by atoms with van der Waals surface area (Å²) in [6.45, 7) is 5.62. The maximum absolute atomic E-state index is 12.6. The molecule has 118 valence electrons. The van der Waals surface area contributed by atoms with Crippen LogP contribution in [0, 0.1) is 20.8 Å². The molecule has 0 bridgehead atoms. The molecule has 2 heterocycles. The number of carbonyl (C=O) groups excluding carboxylic acids is 2. The molecule has 0 saturated heterocycles. The zero-order valence-electron chi connectivity index (χ0n) is 13.1. The lowest BCUT2D eigenvalue weighted by molar-refractivity contribution is -0.115. The summed E-state index contributed by atoms with van der Waals surface area (Å²) in [5, 5.41) is 2.87. The summed E-state index contributed by atoms with van der Waals surface area (Å²) in [6.07, 6.45) is 0. The number of hydrogen-bond donors (Lipinski definition) is 1. The minimum atomic E-state index is -0.327. The molecule has 0 saturated carbocycles. The van der Waals surface area contributed by atoms with Gasteiger partial charge in [-0.1, -0.05) is 11.6 Å². The molecule has 2 aromatic rings. The van der Waals surface area contributed by atoms with E-state index in [1.165, 1.54) is 4.90 Å². The standard InChI is InChI=1S/C17H16ClN3O2/c1-9-4-5-13-12(6-9)17(23)20-15-10(2)7-11(3)19-16(15)21(13)14(22)8-18/h4-7H,8H2,1-3H3,(H,20,23).